The normalized spacial score (nSPS) is 27.2. The minimum absolute atomic E-state index is 0.0331. The first-order chi connectivity index (χ1) is 9.44. The van der Waals surface area contributed by atoms with Crippen LogP contribution in [-0.2, 0) is 19.4 Å². The fourth-order valence-corrected chi connectivity index (χ4v) is 5.29. The van der Waals surface area contributed by atoms with E-state index in [4.69, 9.17) is 5.73 Å². The van der Waals surface area contributed by atoms with Crippen LogP contribution >= 0.6 is 0 Å². The van der Waals surface area contributed by atoms with Crippen LogP contribution in [0.4, 0.5) is 0 Å². The maximum absolute atomic E-state index is 12.5. The summed E-state index contributed by atoms with van der Waals surface area (Å²) in [6.07, 6.45) is 4.72. The van der Waals surface area contributed by atoms with Crippen molar-refractivity contribution in [3.63, 3.8) is 0 Å². The molecule has 0 aromatic heterocycles. The first-order valence-corrected chi connectivity index (χ1v) is 9.14. The van der Waals surface area contributed by atoms with E-state index in [1.165, 1.54) is 7.11 Å². The van der Waals surface area contributed by atoms with Crippen LogP contribution in [0.3, 0.4) is 0 Å². The Morgan fingerprint density at radius 1 is 1.35 bits per heavy atom. The second kappa shape index (κ2) is 7.98. The van der Waals surface area contributed by atoms with Gasteiger partial charge < -0.3 is 10.5 Å². The van der Waals surface area contributed by atoms with Gasteiger partial charge in [0.25, 0.3) is 0 Å². The fourth-order valence-electron chi connectivity index (χ4n) is 3.13. The standard InChI is InChI=1S/C14H27NO4S/c1-3-4-11-5-6-12(10-15)13(9-11)20(17,18)8-7-14(16)19-2/h11-13H,3-10,15H2,1-2H3. The molecular weight excluding hydrogens is 278 g/mol. The zero-order valence-corrected chi connectivity index (χ0v) is 13.3. The van der Waals surface area contributed by atoms with Gasteiger partial charge in [0.1, 0.15) is 0 Å². The summed E-state index contributed by atoms with van der Waals surface area (Å²) in [5.74, 6) is -0.0927. The van der Waals surface area contributed by atoms with E-state index in [1.54, 1.807) is 0 Å². The average molecular weight is 305 g/mol. The SMILES string of the molecule is CCCC1CCC(CN)C(S(=O)(=O)CCC(=O)OC)C1. The van der Waals surface area contributed by atoms with Gasteiger partial charge in [-0.1, -0.05) is 26.2 Å². The monoisotopic (exact) mass is 305 g/mol. The highest BCUT2D eigenvalue weighted by atomic mass is 32.2. The van der Waals surface area contributed by atoms with Crippen LogP contribution in [0.15, 0.2) is 0 Å². The predicted molar refractivity (Wildman–Crippen MR) is 79.0 cm³/mol. The molecule has 0 amide bonds. The van der Waals surface area contributed by atoms with E-state index in [0.717, 1.165) is 25.7 Å². The van der Waals surface area contributed by atoms with Crippen molar-refractivity contribution < 1.29 is 17.9 Å². The number of nitrogens with two attached hydrogens (primary N) is 1. The third-order valence-electron chi connectivity index (χ3n) is 4.32. The number of ether oxygens (including phenoxy) is 1. The molecule has 6 heteroatoms. The van der Waals surface area contributed by atoms with Crippen LogP contribution in [0.2, 0.25) is 0 Å². The molecule has 0 aromatic rings. The van der Waals surface area contributed by atoms with E-state index in [1.807, 2.05) is 0 Å². The summed E-state index contributed by atoms with van der Waals surface area (Å²) in [4.78, 5) is 11.1. The molecule has 0 heterocycles. The van der Waals surface area contributed by atoms with Gasteiger partial charge in [0.05, 0.1) is 24.5 Å². The number of methoxy groups -OCH3 is 1. The summed E-state index contributed by atoms with van der Waals surface area (Å²) >= 11 is 0. The van der Waals surface area contributed by atoms with Gasteiger partial charge in [0, 0.05) is 0 Å². The molecule has 0 bridgehead atoms. The minimum atomic E-state index is -3.28. The van der Waals surface area contributed by atoms with Gasteiger partial charge in [-0.15, -0.1) is 0 Å². The van der Waals surface area contributed by atoms with Crippen LogP contribution < -0.4 is 5.73 Å². The fraction of sp³-hybridized carbons (Fsp3) is 0.929. The topological polar surface area (TPSA) is 86.5 Å². The lowest BCUT2D eigenvalue weighted by atomic mass is 9.80. The molecule has 0 aromatic carbocycles. The van der Waals surface area contributed by atoms with Crippen molar-refractivity contribution in [1.82, 2.24) is 0 Å². The van der Waals surface area contributed by atoms with Crippen LogP contribution in [0, 0.1) is 11.8 Å². The molecule has 0 aliphatic heterocycles. The highest BCUT2D eigenvalue weighted by Gasteiger charge is 2.37. The lowest BCUT2D eigenvalue weighted by Gasteiger charge is -2.35. The molecule has 118 valence electrons. The molecule has 3 atom stereocenters. The lowest BCUT2D eigenvalue weighted by molar-refractivity contribution is -0.140. The number of rotatable bonds is 7. The van der Waals surface area contributed by atoms with E-state index in [9.17, 15) is 13.2 Å². The minimum Gasteiger partial charge on any atom is -0.469 e. The molecule has 1 saturated carbocycles. The molecule has 3 unspecified atom stereocenters. The first kappa shape index (κ1) is 17.4. The molecule has 1 aliphatic carbocycles. The Kier molecular flexibility index (Phi) is 6.95. The van der Waals surface area contributed by atoms with Gasteiger partial charge >= 0.3 is 5.97 Å². The Balaban J connectivity index is 2.73. The molecule has 2 N–H and O–H groups in total. The molecule has 0 radical (unpaired) electrons. The van der Waals surface area contributed by atoms with Crippen molar-refractivity contribution in [3.8, 4) is 0 Å². The van der Waals surface area contributed by atoms with Gasteiger partial charge in [-0.3, -0.25) is 4.79 Å². The number of carbonyl (C=O) groups is 1. The number of hydrogen-bond acceptors (Lipinski definition) is 5. The second-order valence-electron chi connectivity index (χ2n) is 5.70. The zero-order valence-electron chi connectivity index (χ0n) is 12.5. The van der Waals surface area contributed by atoms with E-state index in [2.05, 4.69) is 11.7 Å². The molecule has 5 nitrogen and oxygen atoms in total. The third kappa shape index (κ3) is 4.74. The summed E-state index contributed by atoms with van der Waals surface area (Å²) in [5, 5.41) is -0.387. The van der Waals surface area contributed by atoms with Gasteiger partial charge in [-0.2, -0.15) is 0 Å². The average Bonchev–Trinajstić information content (AvgIpc) is 2.45. The first-order valence-electron chi connectivity index (χ1n) is 7.43. The van der Waals surface area contributed by atoms with Crippen molar-refractivity contribution in [3.05, 3.63) is 0 Å². The number of hydrogen-bond donors (Lipinski definition) is 1. The second-order valence-corrected chi connectivity index (χ2v) is 8.03. The molecule has 0 spiro atoms. The van der Waals surface area contributed by atoms with Crippen LogP contribution in [0.5, 0.6) is 0 Å². The largest absolute Gasteiger partial charge is 0.469 e. The van der Waals surface area contributed by atoms with E-state index in [0.29, 0.717) is 18.9 Å². The Labute approximate surface area is 122 Å². The maximum Gasteiger partial charge on any atom is 0.306 e. The number of sulfone groups is 1. The van der Waals surface area contributed by atoms with Gasteiger partial charge in [-0.25, -0.2) is 8.42 Å². The van der Waals surface area contributed by atoms with E-state index in [-0.39, 0.29) is 23.3 Å². The summed E-state index contributed by atoms with van der Waals surface area (Å²) in [6.45, 7) is 2.52. The van der Waals surface area contributed by atoms with Crippen LogP contribution in [0.25, 0.3) is 0 Å². The maximum atomic E-state index is 12.5. The van der Waals surface area contributed by atoms with Gasteiger partial charge in [-0.05, 0) is 31.2 Å². The predicted octanol–water partition coefficient (Wildman–Crippen LogP) is 1.51. The summed E-state index contributed by atoms with van der Waals surface area (Å²) < 4.78 is 29.4. The van der Waals surface area contributed by atoms with E-state index >= 15 is 0 Å². The molecule has 1 fully saturated rings. The Bertz CT molecular complexity index is 407. The van der Waals surface area contributed by atoms with Crippen molar-refractivity contribution >= 4 is 15.8 Å². The molecule has 1 rings (SSSR count). The molecule has 20 heavy (non-hydrogen) atoms. The van der Waals surface area contributed by atoms with Crippen molar-refractivity contribution in [2.45, 2.75) is 50.7 Å². The Hall–Kier alpha value is -0.620. The van der Waals surface area contributed by atoms with Crippen LogP contribution in [-0.4, -0.2) is 39.0 Å². The number of esters is 1. The van der Waals surface area contributed by atoms with Crippen LogP contribution in [0.1, 0.15) is 45.4 Å². The lowest BCUT2D eigenvalue weighted by Crippen LogP contribution is -2.41. The Morgan fingerprint density at radius 3 is 2.60 bits per heavy atom. The third-order valence-corrected chi connectivity index (χ3v) is 6.59. The zero-order chi connectivity index (χ0) is 15.2. The quantitative estimate of drug-likeness (QED) is 0.720. The van der Waals surface area contributed by atoms with Crippen molar-refractivity contribution in [2.24, 2.45) is 17.6 Å². The molecule has 0 saturated heterocycles. The summed E-state index contributed by atoms with van der Waals surface area (Å²) in [7, 11) is -2.01. The summed E-state index contributed by atoms with van der Waals surface area (Å²) in [5.41, 5.74) is 5.74. The number of carbonyl (C=O) groups excluding carboxylic acids is 1. The van der Waals surface area contributed by atoms with Crippen molar-refractivity contribution in [2.75, 3.05) is 19.4 Å². The smallest absolute Gasteiger partial charge is 0.306 e. The van der Waals surface area contributed by atoms with Gasteiger partial charge in [0.2, 0.25) is 0 Å². The highest BCUT2D eigenvalue weighted by Crippen LogP contribution is 2.35. The van der Waals surface area contributed by atoms with Gasteiger partial charge in [0.15, 0.2) is 9.84 Å². The highest BCUT2D eigenvalue weighted by molar-refractivity contribution is 7.92. The molecule has 1 aliphatic rings. The Morgan fingerprint density at radius 2 is 2.05 bits per heavy atom. The summed E-state index contributed by atoms with van der Waals surface area (Å²) in [6, 6.07) is 0. The van der Waals surface area contributed by atoms with E-state index < -0.39 is 15.8 Å². The molecular formula is C14H27NO4S. The van der Waals surface area contributed by atoms with Crippen molar-refractivity contribution in [1.29, 1.82) is 0 Å².